The van der Waals surface area contributed by atoms with Crippen LogP contribution in [-0.2, 0) is 0 Å². The lowest BCUT2D eigenvalue weighted by Gasteiger charge is -2.13. The molecule has 1 nitrogen and oxygen atoms in total. The van der Waals surface area contributed by atoms with Gasteiger partial charge in [-0.2, -0.15) is 0 Å². The molecule has 0 bridgehead atoms. The van der Waals surface area contributed by atoms with Crippen LogP contribution in [0.5, 0.6) is 5.75 Å². The van der Waals surface area contributed by atoms with Crippen LogP contribution in [0.3, 0.4) is 0 Å². The van der Waals surface area contributed by atoms with Crippen LogP contribution in [0.2, 0.25) is 25.1 Å². The topological polar surface area (TPSA) is 9.23 Å². The molecule has 0 aliphatic rings. The highest BCUT2D eigenvalue weighted by Crippen LogP contribution is 2.45. The summed E-state index contributed by atoms with van der Waals surface area (Å²) < 4.78 is 5.29. The van der Waals surface area contributed by atoms with Crippen molar-refractivity contribution in [1.82, 2.24) is 0 Å². The van der Waals surface area contributed by atoms with Gasteiger partial charge in [0.15, 0.2) is 0 Å². The predicted octanol–water partition coefficient (Wildman–Crippen LogP) is 6.63. The first-order chi connectivity index (χ1) is 8.95. The van der Waals surface area contributed by atoms with Gasteiger partial charge in [-0.1, -0.05) is 64.1 Å². The normalized spacial score (nSPS) is 10.6. The lowest BCUT2D eigenvalue weighted by atomic mass is 10.0. The molecule has 0 atom stereocenters. The van der Waals surface area contributed by atoms with Gasteiger partial charge in [0.1, 0.15) is 10.8 Å². The minimum absolute atomic E-state index is 0.254. The molecule has 19 heavy (non-hydrogen) atoms. The summed E-state index contributed by atoms with van der Waals surface area (Å²) in [6.45, 7) is 0. The summed E-state index contributed by atoms with van der Waals surface area (Å²) in [7, 11) is 1.51. The number of ether oxygens (including phenoxy) is 1. The quantitative estimate of drug-likeness (QED) is 0.549. The Labute approximate surface area is 135 Å². The van der Waals surface area contributed by atoms with E-state index in [4.69, 9.17) is 62.7 Å². The van der Waals surface area contributed by atoms with E-state index in [2.05, 4.69) is 0 Å². The van der Waals surface area contributed by atoms with Gasteiger partial charge in [0.05, 0.1) is 27.2 Å². The van der Waals surface area contributed by atoms with E-state index in [0.717, 1.165) is 5.56 Å². The third kappa shape index (κ3) is 2.91. The molecular weight excluding hydrogens is 349 g/mol. The predicted molar refractivity (Wildman–Crippen MR) is 83.5 cm³/mol. The van der Waals surface area contributed by atoms with E-state index in [-0.39, 0.29) is 10.0 Å². The molecule has 2 aromatic carbocycles. The Bertz CT molecular complexity index is 639. The summed E-state index contributed by atoms with van der Waals surface area (Å²) >= 11 is 30.0. The van der Waals surface area contributed by atoms with Crippen LogP contribution in [0, 0.1) is 0 Å². The zero-order valence-corrected chi connectivity index (χ0v) is 13.4. The molecule has 0 amide bonds. The fourth-order valence-electron chi connectivity index (χ4n) is 1.66. The molecule has 0 heterocycles. The van der Waals surface area contributed by atoms with Gasteiger partial charge in [-0.3, -0.25) is 0 Å². The van der Waals surface area contributed by atoms with Crippen LogP contribution in [0.1, 0.15) is 0 Å². The summed E-state index contributed by atoms with van der Waals surface area (Å²) in [4.78, 5) is 0. The van der Waals surface area contributed by atoms with E-state index < -0.39 is 0 Å². The molecular formula is C13H7Cl5O. The molecule has 0 fully saturated rings. The lowest BCUT2D eigenvalue weighted by Crippen LogP contribution is -1.91. The molecule has 0 N–H and O–H groups in total. The summed E-state index contributed by atoms with van der Waals surface area (Å²) in [5, 5.41) is 1.76. The summed E-state index contributed by atoms with van der Waals surface area (Å²) in [6.07, 6.45) is 0. The first-order valence-corrected chi connectivity index (χ1v) is 7.01. The van der Waals surface area contributed by atoms with E-state index in [9.17, 15) is 0 Å². The van der Waals surface area contributed by atoms with Gasteiger partial charge in [0.25, 0.3) is 0 Å². The summed E-state index contributed by atoms with van der Waals surface area (Å²) in [5.74, 6) is 0.439. The molecule has 6 heteroatoms. The zero-order chi connectivity index (χ0) is 14.2. The summed E-state index contributed by atoms with van der Waals surface area (Å²) in [5.41, 5.74) is 1.48. The van der Waals surface area contributed by atoms with Crippen molar-refractivity contribution in [2.45, 2.75) is 0 Å². The fraction of sp³-hybridized carbons (Fsp3) is 0.0769. The van der Waals surface area contributed by atoms with Crippen molar-refractivity contribution in [3.05, 3.63) is 49.4 Å². The smallest absolute Gasteiger partial charge is 0.146 e. The van der Waals surface area contributed by atoms with Crippen molar-refractivity contribution in [2.75, 3.05) is 7.11 Å². The zero-order valence-electron chi connectivity index (χ0n) is 9.61. The van der Waals surface area contributed by atoms with Crippen molar-refractivity contribution >= 4 is 58.0 Å². The third-order valence-corrected chi connectivity index (χ3v) is 4.54. The van der Waals surface area contributed by atoms with E-state index >= 15 is 0 Å². The molecule has 0 saturated carbocycles. The molecule has 0 unspecified atom stereocenters. The van der Waals surface area contributed by atoms with Crippen molar-refractivity contribution in [2.24, 2.45) is 0 Å². The van der Waals surface area contributed by atoms with Crippen LogP contribution >= 0.6 is 58.0 Å². The molecule has 0 spiro atoms. The van der Waals surface area contributed by atoms with Crippen molar-refractivity contribution in [3.63, 3.8) is 0 Å². The number of rotatable bonds is 2. The second-order valence-corrected chi connectivity index (χ2v) is 5.67. The SMILES string of the molecule is COc1c(-c2ccc(Cl)c(Cl)c2)cc(Cl)c(Cl)c1Cl. The Morgan fingerprint density at radius 1 is 0.789 bits per heavy atom. The number of hydrogen-bond donors (Lipinski definition) is 0. The van der Waals surface area contributed by atoms with Gasteiger partial charge in [0, 0.05) is 5.56 Å². The minimum atomic E-state index is 0.254. The fourth-order valence-corrected chi connectivity index (χ4v) is 2.63. The van der Waals surface area contributed by atoms with Gasteiger partial charge in [0.2, 0.25) is 0 Å². The Morgan fingerprint density at radius 2 is 1.47 bits per heavy atom. The molecule has 0 radical (unpaired) electrons. The van der Waals surface area contributed by atoms with Gasteiger partial charge < -0.3 is 4.74 Å². The second kappa shape index (κ2) is 5.99. The standard InChI is InChI=1S/C13H7Cl5O/c1-19-13-7(5-10(16)11(17)12(13)18)6-2-3-8(14)9(15)4-6/h2-5H,1H3. The lowest BCUT2D eigenvalue weighted by molar-refractivity contribution is 0.416. The van der Waals surface area contributed by atoms with E-state index in [0.29, 0.717) is 26.4 Å². The van der Waals surface area contributed by atoms with Gasteiger partial charge in [-0.05, 0) is 23.8 Å². The maximum atomic E-state index is 6.12. The number of halogens is 5. The van der Waals surface area contributed by atoms with E-state index in [1.807, 2.05) is 0 Å². The molecule has 0 aliphatic heterocycles. The number of hydrogen-bond acceptors (Lipinski definition) is 1. The Kier molecular flexibility index (Phi) is 4.75. The van der Waals surface area contributed by atoms with Crippen LogP contribution in [0.25, 0.3) is 11.1 Å². The van der Waals surface area contributed by atoms with Crippen LogP contribution in [-0.4, -0.2) is 7.11 Å². The molecule has 0 aliphatic carbocycles. The first kappa shape index (κ1) is 15.1. The highest BCUT2D eigenvalue weighted by atomic mass is 35.5. The first-order valence-electron chi connectivity index (χ1n) is 5.12. The highest BCUT2D eigenvalue weighted by Gasteiger charge is 2.17. The Hall–Kier alpha value is -0.310. The number of methoxy groups -OCH3 is 1. The van der Waals surface area contributed by atoms with E-state index in [1.54, 1.807) is 24.3 Å². The average molecular weight is 356 g/mol. The molecule has 0 saturated heterocycles. The third-order valence-electron chi connectivity index (χ3n) is 2.55. The summed E-state index contributed by atoms with van der Waals surface area (Å²) in [6, 6.07) is 6.87. The largest absolute Gasteiger partial charge is 0.494 e. The Balaban J connectivity index is 2.70. The minimum Gasteiger partial charge on any atom is -0.494 e. The monoisotopic (exact) mass is 354 g/mol. The van der Waals surface area contributed by atoms with Gasteiger partial charge >= 0.3 is 0 Å². The molecule has 100 valence electrons. The van der Waals surface area contributed by atoms with Crippen molar-refractivity contribution in [1.29, 1.82) is 0 Å². The average Bonchev–Trinajstić information content (AvgIpc) is 2.39. The maximum absolute atomic E-state index is 6.12. The van der Waals surface area contributed by atoms with Crippen LogP contribution < -0.4 is 4.74 Å². The molecule has 0 aromatic heterocycles. The van der Waals surface area contributed by atoms with Crippen LogP contribution in [0.4, 0.5) is 0 Å². The van der Waals surface area contributed by atoms with Crippen molar-refractivity contribution in [3.8, 4) is 16.9 Å². The van der Waals surface area contributed by atoms with Gasteiger partial charge in [-0.25, -0.2) is 0 Å². The van der Waals surface area contributed by atoms with Crippen LogP contribution in [0.15, 0.2) is 24.3 Å². The second-order valence-electron chi connectivity index (χ2n) is 3.70. The molecule has 2 rings (SSSR count). The molecule has 2 aromatic rings. The van der Waals surface area contributed by atoms with E-state index in [1.165, 1.54) is 7.11 Å². The number of benzene rings is 2. The maximum Gasteiger partial charge on any atom is 0.146 e. The van der Waals surface area contributed by atoms with Crippen molar-refractivity contribution < 1.29 is 4.74 Å². The van der Waals surface area contributed by atoms with Gasteiger partial charge in [-0.15, -0.1) is 0 Å². The highest BCUT2D eigenvalue weighted by molar-refractivity contribution is 6.49. The Morgan fingerprint density at radius 3 is 2.05 bits per heavy atom.